The third-order valence-electron chi connectivity index (χ3n) is 13.6. The fraction of sp³-hybridized carbons (Fsp3) is 0.0938. The summed E-state index contributed by atoms with van der Waals surface area (Å²) in [6.07, 6.45) is -14.3. The molecule has 0 saturated heterocycles. The Kier molecular flexibility index (Phi) is 15.8. The maximum absolute atomic E-state index is 14.7. The first kappa shape index (κ1) is 57.5. The van der Waals surface area contributed by atoms with Gasteiger partial charge < -0.3 is 32.7 Å². The molecule has 0 spiro atoms. The van der Waals surface area contributed by atoms with Gasteiger partial charge in [-0.1, -0.05) is 60.7 Å². The lowest BCUT2D eigenvalue weighted by Crippen LogP contribution is -2.15. The topological polar surface area (TPSA) is 168 Å². The van der Waals surface area contributed by atoms with Crippen molar-refractivity contribution in [2.45, 2.75) is 39.3 Å². The number of hydrogen-bond donors (Lipinski definition) is 6. The molecule has 10 nitrogen and oxygen atoms in total. The highest BCUT2D eigenvalue weighted by Gasteiger charge is 2.37. The van der Waals surface area contributed by atoms with E-state index in [0.717, 1.165) is 18.2 Å². The molecule has 4 amide bonds. The Bertz CT molecular complexity index is 4010. The molecule has 420 valence electrons. The quantitative estimate of drug-likeness (QED) is 0.0526. The Labute approximate surface area is 469 Å². The van der Waals surface area contributed by atoms with Crippen molar-refractivity contribution in [3.63, 3.8) is 0 Å². The first-order valence-electron chi connectivity index (χ1n) is 25.2. The van der Waals surface area contributed by atoms with Crippen LogP contribution in [-0.2, 0) is 18.5 Å². The zero-order chi connectivity index (χ0) is 59.7. The highest BCUT2D eigenvalue weighted by molar-refractivity contribution is 6.08. The predicted octanol–water partition coefficient (Wildman–Crippen LogP) is 16.5. The van der Waals surface area contributed by atoms with Gasteiger partial charge in [-0.3, -0.25) is 19.2 Å². The Morgan fingerprint density at radius 2 is 0.542 bits per heavy atom. The van der Waals surface area contributed by atoms with E-state index in [4.69, 9.17) is 11.5 Å². The summed E-state index contributed by atoms with van der Waals surface area (Å²) in [6.45, 7) is 4.83. The molecule has 9 aromatic rings. The largest absolute Gasteiger partial charge is 0.417 e. The molecular formula is C64H47F9N6O4. The van der Waals surface area contributed by atoms with E-state index in [1.54, 1.807) is 63.2 Å². The molecule has 0 bridgehead atoms. The summed E-state index contributed by atoms with van der Waals surface area (Å²) in [4.78, 5) is 52.9. The molecule has 0 aliphatic rings. The van der Waals surface area contributed by atoms with Crippen LogP contribution in [0.25, 0.3) is 44.5 Å². The molecule has 0 heterocycles. The summed E-state index contributed by atoms with van der Waals surface area (Å²) in [7, 11) is 0. The molecule has 0 aliphatic carbocycles. The number of benzene rings is 9. The normalized spacial score (nSPS) is 11.7. The number of carbonyl (C=O) groups excluding carboxylic acids is 4. The van der Waals surface area contributed by atoms with Crippen molar-refractivity contribution in [2.75, 3.05) is 32.7 Å². The van der Waals surface area contributed by atoms with Gasteiger partial charge in [0.2, 0.25) is 0 Å². The Morgan fingerprint density at radius 1 is 0.301 bits per heavy atom. The van der Waals surface area contributed by atoms with Crippen LogP contribution in [0.2, 0.25) is 0 Å². The van der Waals surface area contributed by atoms with E-state index in [1.165, 1.54) is 121 Å². The van der Waals surface area contributed by atoms with Crippen LogP contribution in [0.5, 0.6) is 0 Å². The first-order chi connectivity index (χ1) is 39.2. The summed E-state index contributed by atoms with van der Waals surface area (Å²) in [6, 6.07) is 41.8. The average Bonchev–Trinajstić information content (AvgIpc) is 3.64. The fourth-order valence-electron chi connectivity index (χ4n) is 9.50. The van der Waals surface area contributed by atoms with Gasteiger partial charge in [-0.15, -0.1) is 0 Å². The number of anilines is 6. The number of aryl methyl sites for hydroxylation is 3. The molecule has 19 heteroatoms. The molecule has 8 N–H and O–H groups in total. The number of carbonyl (C=O) groups is 4. The molecule has 0 unspecified atom stereocenters. The zero-order valence-electron chi connectivity index (χ0n) is 44.0. The SMILES string of the molecule is Cc1cc(NC(=O)c2ccc(C(=O)Nc3ccc(-c4ccc(NC(=O)c5ccc(-c6ccc(C(=O)Nc7ccc(-c8ccc(N)cc8C)c(C(F)(F)F)c7)cc6)cc5)cc4C)c(C(F)(F)F)c3)cc2)ccc1-c1ccc(N)cc1C(F)(F)F. The second-order valence-electron chi connectivity index (χ2n) is 19.5. The van der Waals surface area contributed by atoms with E-state index in [-0.39, 0.29) is 72.8 Å². The number of halogens is 9. The standard InChI is InChI=1S/C64H47F9N6O4/c1-34-28-43(74)16-22-49(34)53-26-20-47(32-56(53)63(68,69)70)78-60(82)40-10-6-38(7-11-40)37-4-8-39(9-5-37)58(80)76-46-19-25-51(36(3)30-46)54-27-21-48(33-57(54)64(71,72)73)79-61(83)42-14-12-41(13-15-42)59(81)77-45-18-24-50(35(2)29-45)52-23-17-44(75)31-55(52)62(65,66)67/h4-33H,74-75H2,1-3H3,(H,76,80)(H,77,81)(H,78,82)(H,79,83). The van der Waals surface area contributed by atoms with Crippen LogP contribution < -0.4 is 32.7 Å². The molecule has 9 rings (SSSR count). The van der Waals surface area contributed by atoms with E-state index in [9.17, 15) is 58.7 Å². The van der Waals surface area contributed by atoms with Gasteiger partial charge in [0.25, 0.3) is 23.6 Å². The van der Waals surface area contributed by atoms with Crippen LogP contribution in [0, 0.1) is 20.8 Å². The monoisotopic (exact) mass is 1130 g/mol. The minimum atomic E-state index is -4.87. The van der Waals surface area contributed by atoms with Crippen molar-refractivity contribution < 1.29 is 58.7 Å². The van der Waals surface area contributed by atoms with Crippen LogP contribution in [0.15, 0.2) is 182 Å². The minimum Gasteiger partial charge on any atom is -0.399 e. The lowest BCUT2D eigenvalue weighted by Gasteiger charge is -2.17. The highest BCUT2D eigenvalue weighted by Crippen LogP contribution is 2.43. The van der Waals surface area contributed by atoms with Gasteiger partial charge in [-0.25, -0.2) is 0 Å². The van der Waals surface area contributed by atoms with E-state index >= 15 is 0 Å². The van der Waals surface area contributed by atoms with Gasteiger partial charge in [0.05, 0.1) is 16.7 Å². The molecule has 0 aromatic heterocycles. The summed E-state index contributed by atoms with van der Waals surface area (Å²) >= 11 is 0. The third-order valence-corrected chi connectivity index (χ3v) is 13.6. The molecule has 0 aliphatic heterocycles. The van der Waals surface area contributed by atoms with Gasteiger partial charge in [-0.05, 0) is 203 Å². The minimum absolute atomic E-state index is 0.0193. The lowest BCUT2D eigenvalue weighted by molar-refractivity contribution is -0.137. The number of amides is 4. The fourth-order valence-corrected chi connectivity index (χ4v) is 9.50. The number of hydrogen-bond acceptors (Lipinski definition) is 6. The number of nitrogens with two attached hydrogens (primary N) is 2. The number of nitrogens with one attached hydrogen (secondary N) is 4. The molecule has 0 fully saturated rings. The zero-order valence-corrected chi connectivity index (χ0v) is 44.0. The van der Waals surface area contributed by atoms with E-state index in [0.29, 0.717) is 44.8 Å². The second kappa shape index (κ2) is 22.8. The van der Waals surface area contributed by atoms with Gasteiger partial charge in [0, 0.05) is 56.4 Å². The predicted molar refractivity (Wildman–Crippen MR) is 304 cm³/mol. The Hall–Kier alpha value is -10.2. The van der Waals surface area contributed by atoms with Gasteiger partial charge >= 0.3 is 18.5 Å². The molecule has 0 saturated carbocycles. The molecule has 9 aromatic carbocycles. The van der Waals surface area contributed by atoms with E-state index in [1.807, 2.05) is 0 Å². The second-order valence-corrected chi connectivity index (χ2v) is 19.5. The average molecular weight is 1140 g/mol. The number of alkyl halides is 9. The van der Waals surface area contributed by atoms with Crippen molar-refractivity contribution in [1.82, 2.24) is 0 Å². The van der Waals surface area contributed by atoms with Gasteiger partial charge in [0.1, 0.15) is 0 Å². The van der Waals surface area contributed by atoms with Crippen molar-refractivity contribution >= 4 is 57.8 Å². The maximum atomic E-state index is 14.7. The van der Waals surface area contributed by atoms with Crippen LogP contribution in [0.1, 0.15) is 74.8 Å². The van der Waals surface area contributed by atoms with Crippen LogP contribution in [-0.4, -0.2) is 23.6 Å². The van der Waals surface area contributed by atoms with Crippen LogP contribution >= 0.6 is 0 Å². The third kappa shape index (κ3) is 13.0. The van der Waals surface area contributed by atoms with E-state index in [2.05, 4.69) is 21.3 Å². The van der Waals surface area contributed by atoms with Crippen molar-refractivity contribution in [2.24, 2.45) is 0 Å². The van der Waals surface area contributed by atoms with Crippen LogP contribution in [0.3, 0.4) is 0 Å². The number of rotatable bonds is 12. The van der Waals surface area contributed by atoms with Crippen molar-refractivity contribution in [1.29, 1.82) is 0 Å². The van der Waals surface area contributed by atoms with Crippen LogP contribution in [0.4, 0.5) is 73.6 Å². The van der Waals surface area contributed by atoms with Gasteiger partial charge in [0.15, 0.2) is 0 Å². The smallest absolute Gasteiger partial charge is 0.399 e. The Balaban J connectivity index is 0.807. The maximum Gasteiger partial charge on any atom is 0.417 e. The summed E-state index contributed by atoms with van der Waals surface area (Å²) in [5, 5.41) is 10.4. The first-order valence-corrected chi connectivity index (χ1v) is 25.2. The number of nitrogen functional groups attached to an aromatic ring is 2. The van der Waals surface area contributed by atoms with Gasteiger partial charge in [-0.2, -0.15) is 39.5 Å². The lowest BCUT2D eigenvalue weighted by atomic mass is 9.94. The molecule has 0 radical (unpaired) electrons. The summed E-state index contributed by atoms with van der Waals surface area (Å²) in [5.41, 5.74) is 13.0. The summed E-state index contributed by atoms with van der Waals surface area (Å²) in [5.74, 6) is -2.53. The van der Waals surface area contributed by atoms with Crippen molar-refractivity contribution in [3.8, 4) is 44.5 Å². The Morgan fingerprint density at radius 3 is 0.843 bits per heavy atom. The highest BCUT2D eigenvalue weighted by atomic mass is 19.4. The van der Waals surface area contributed by atoms with Crippen molar-refractivity contribution in [3.05, 3.63) is 238 Å². The molecule has 83 heavy (non-hydrogen) atoms. The molecular weight excluding hydrogens is 1090 g/mol. The van der Waals surface area contributed by atoms with E-state index < -0.39 is 58.8 Å². The molecule has 0 atom stereocenters. The summed E-state index contributed by atoms with van der Waals surface area (Å²) < 4.78 is 128.